The maximum Gasteiger partial charge on any atom is 0.191 e. The first-order chi connectivity index (χ1) is 14.3. The van der Waals surface area contributed by atoms with E-state index in [0.717, 1.165) is 49.1 Å². The zero-order chi connectivity index (χ0) is 20.3. The number of ether oxygens (including phenoxy) is 1. The summed E-state index contributed by atoms with van der Waals surface area (Å²) in [4.78, 5) is 11.4. The predicted molar refractivity (Wildman–Crippen MR) is 120 cm³/mol. The van der Waals surface area contributed by atoms with Crippen molar-refractivity contribution in [2.45, 2.75) is 38.6 Å². The molecule has 6 heteroatoms. The molecule has 1 aromatic carbocycles. The standard InChI is InChI=1S/C23H33N5O/c1-24-23(25-14-13-20-9-5-6-10-21(20)29-2)27-18-19-11-12-22(26-17-19)28-15-7-3-4-8-16-28/h5-6,9-12,17H,3-4,7-8,13-16,18H2,1-2H3,(H2,24,25,27). The largest absolute Gasteiger partial charge is 0.496 e. The number of guanidine groups is 1. The fourth-order valence-corrected chi connectivity index (χ4v) is 3.64. The minimum atomic E-state index is 0.696. The van der Waals surface area contributed by atoms with Crippen LogP contribution in [0.15, 0.2) is 47.6 Å². The van der Waals surface area contributed by atoms with Crippen molar-refractivity contribution in [2.75, 3.05) is 38.7 Å². The van der Waals surface area contributed by atoms with Crippen molar-refractivity contribution in [2.24, 2.45) is 4.99 Å². The Labute approximate surface area is 174 Å². The van der Waals surface area contributed by atoms with Crippen molar-refractivity contribution < 1.29 is 4.74 Å². The van der Waals surface area contributed by atoms with E-state index in [4.69, 9.17) is 4.74 Å². The van der Waals surface area contributed by atoms with Gasteiger partial charge in [-0.1, -0.05) is 37.1 Å². The van der Waals surface area contributed by atoms with E-state index in [1.165, 1.54) is 31.2 Å². The second kappa shape index (κ2) is 11.3. The van der Waals surface area contributed by atoms with Crippen LogP contribution in [-0.2, 0) is 13.0 Å². The Bertz CT molecular complexity index is 767. The van der Waals surface area contributed by atoms with Crippen LogP contribution in [0, 0.1) is 0 Å². The Morgan fingerprint density at radius 1 is 1.07 bits per heavy atom. The molecule has 156 valence electrons. The van der Waals surface area contributed by atoms with Crippen LogP contribution in [0.1, 0.15) is 36.8 Å². The van der Waals surface area contributed by atoms with E-state index in [-0.39, 0.29) is 0 Å². The van der Waals surface area contributed by atoms with Crippen molar-refractivity contribution in [1.82, 2.24) is 15.6 Å². The smallest absolute Gasteiger partial charge is 0.191 e. The SMILES string of the molecule is CN=C(NCCc1ccccc1OC)NCc1ccc(N2CCCCCC2)nc1. The van der Waals surface area contributed by atoms with Crippen LogP contribution in [0.3, 0.4) is 0 Å². The normalized spacial score (nSPS) is 15.0. The minimum absolute atomic E-state index is 0.696. The molecule has 6 nitrogen and oxygen atoms in total. The van der Waals surface area contributed by atoms with Gasteiger partial charge in [0.05, 0.1) is 7.11 Å². The van der Waals surface area contributed by atoms with Gasteiger partial charge in [-0.05, 0) is 42.5 Å². The predicted octanol–water partition coefficient (Wildman–Crippen LogP) is 3.38. The lowest BCUT2D eigenvalue weighted by molar-refractivity contribution is 0.409. The zero-order valence-corrected chi connectivity index (χ0v) is 17.7. The van der Waals surface area contributed by atoms with Gasteiger partial charge < -0.3 is 20.3 Å². The summed E-state index contributed by atoms with van der Waals surface area (Å²) in [6.45, 7) is 3.72. The van der Waals surface area contributed by atoms with Gasteiger partial charge in [0.25, 0.3) is 0 Å². The highest BCUT2D eigenvalue weighted by Gasteiger charge is 2.11. The molecule has 1 aliphatic heterocycles. The number of rotatable bonds is 7. The highest BCUT2D eigenvalue weighted by atomic mass is 16.5. The average molecular weight is 396 g/mol. The summed E-state index contributed by atoms with van der Waals surface area (Å²) in [5.74, 6) is 2.80. The van der Waals surface area contributed by atoms with E-state index in [1.807, 2.05) is 24.4 Å². The van der Waals surface area contributed by atoms with Gasteiger partial charge in [-0.3, -0.25) is 4.99 Å². The lowest BCUT2D eigenvalue weighted by Crippen LogP contribution is -2.37. The Morgan fingerprint density at radius 2 is 1.86 bits per heavy atom. The molecule has 0 aliphatic carbocycles. The lowest BCUT2D eigenvalue weighted by Gasteiger charge is -2.21. The third-order valence-corrected chi connectivity index (χ3v) is 5.30. The van der Waals surface area contributed by atoms with Gasteiger partial charge in [-0.25, -0.2) is 4.98 Å². The van der Waals surface area contributed by atoms with E-state index in [0.29, 0.717) is 6.54 Å². The second-order valence-corrected chi connectivity index (χ2v) is 7.34. The van der Waals surface area contributed by atoms with Crippen molar-refractivity contribution in [3.8, 4) is 5.75 Å². The number of anilines is 1. The number of hydrogen-bond acceptors (Lipinski definition) is 4. The molecule has 0 amide bonds. The maximum absolute atomic E-state index is 5.41. The molecule has 0 bridgehead atoms. The second-order valence-electron chi connectivity index (χ2n) is 7.34. The first-order valence-corrected chi connectivity index (χ1v) is 10.6. The number of nitrogens with zero attached hydrogens (tertiary/aromatic N) is 3. The molecule has 2 N–H and O–H groups in total. The molecular formula is C23H33N5O. The number of aromatic nitrogens is 1. The summed E-state index contributed by atoms with van der Waals surface area (Å²) < 4.78 is 5.41. The van der Waals surface area contributed by atoms with Crippen LogP contribution in [0.4, 0.5) is 5.82 Å². The maximum atomic E-state index is 5.41. The molecule has 0 unspecified atom stereocenters. The number of hydrogen-bond donors (Lipinski definition) is 2. The average Bonchev–Trinajstić information content (AvgIpc) is 3.06. The first kappa shape index (κ1) is 21.0. The monoisotopic (exact) mass is 395 g/mol. The molecule has 0 atom stereocenters. The van der Waals surface area contributed by atoms with Gasteiger partial charge in [0.15, 0.2) is 5.96 Å². The van der Waals surface area contributed by atoms with Crippen LogP contribution >= 0.6 is 0 Å². The van der Waals surface area contributed by atoms with Crippen molar-refractivity contribution >= 4 is 11.8 Å². The third-order valence-electron chi connectivity index (χ3n) is 5.30. The topological polar surface area (TPSA) is 61.8 Å². The molecule has 1 aliphatic rings. The fraction of sp³-hybridized carbons (Fsp3) is 0.478. The first-order valence-electron chi connectivity index (χ1n) is 10.6. The highest BCUT2D eigenvalue weighted by Crippen LogP contribution is 2.18. The van der Waals surface area contributed by atoms with Crippen LogP contribution in [-0.4, -0.2) is 44.7 Å². The van der Waals surface area contributed by atoms with Gasteiger partial charge in [0.1, 0.15) is 11.6 Å². The van der Waals surface area contributed by atoms with Crippen LogP contribution in [0.25, 0.3) is 0 Å². The Morgan fingerprint density at radius 3 is 2.55 bits per heavy atom. The van der Waals surface area contributed by atoms with E-state index < -0.39 is 0 Å². The van der Waals surface area contributed by atoms with Gasteiger partial charge >= 0.3 is 0 Å². The highest BCUT2D eigenvalue weighted by molar-refractivity contribution is 5.79. The zero-order valence-electron chi connectivity index (χ0n) is 17.7. The molecule has 1 aromatic heterocycles. The summed E-state index contributed by atoms with van der Waals surface area (Å²) in [7, 11) is 3.50. The van der Waals surface area contributed by atoms with Crippen LogP contribution in [0.5, 0.6) is 5.75 Å². The van der Waals surface area contributed by atoms with E-state index in [9.17, 15) is 0 Å². The summed E-state index contributed by atoms with van der Waals surface area (Å²) in [5.41, 5.74) is 2.34. The van der Waals surface area contributed by atoms with Gasteiger partial charge in [0, 0.05) is 39.4 Å². The molecule has 2 aromatic rings. The van der Waals surface area contributed by atoms with E-state index in [1.54, 1.807) is 14.2 Å². The number of methoxy groups -OCH3 is 1. The summed E-state index contributed by atoms with van der Waals surface area (Å²) >= 11 is 0. The summed E-state index contributed by atoms with van der Waals surface area (Å²) in [6.07, 6.45) is 8.04. The Hall–Kier alpha value is -2.76. The number of benzene rings is 1. The number of pyridine rings is 1. The van der Waals surface area contributed by atoms with E-state index >= 15 is 0 Å². The van der Waals surface area contributed by atoms with Crippen LogP contribution in [0.2, 0.25) is 0 Å². The number of nitrogens with one attached hydrogen (secondary N) is 2. The van der Waals surface area contributed by atoms with Gasteiger partial charge in [-0.15, -0.1) is 0 Å². The lowest BCUT2D eigenvalue weighted by atomic mass is 10.1. The number of para-hydroxylation sites is 1. The third kappa shape index (κ3) is 6.38. The van der Waals surface area contributed by atoms with E-state index in [2.05, 4.69) is 43.7 Å². The van der Waals surface area contributed by atoms with Crippen molar-refractivity contribution in [3.63, 3.8) is 0 Å². The molecule has 1 saturated heterocycles. The van der Waals surface area contributed by atoms with Crippen molar-refractivity contribution in [3.05, 3.63) is 53.7 Å². The quantitative estimate of drug-likeness (QED) is 0.556. The molecule has 29 heavy (non-hydrogen) atoms. The van der Waals surface area contributed by atoms with Gasteiger partial charge in [0.2, 0.25) is 0 Å². The molecule has 3 rings (SSSR count). The van der Waals surface area contributed by atoms with Crippen LogP contribution < -0.4 is 20.3 Å². The Kier molecular flexibility index (Phi) is 8.16. The minimum Gasteiger partial charge on any atom is -0.496 e. The summed E-state index contributed by atoms with van der Waals surface area (Å²) in [5, 5.41) is 6.73. The molecule has 0 radical (unpaired) electrons. The fourth-order valence-electron chi connectivity index (χ4n) is 3.64. The van der Waals surface area contributed by atoms with Crippen molar-refractivity contribution in [1.29, 1.82) is 0 Å². The molecule has 0 saturated carbocycles. The van der Waals surface area contributed by atoms with Gasteiger partial charge in [-0.2, -0.15) is 0 Å². The Balaban J connectivity index is 1.45. The molecule has 2 heterocycles. The molecular weight excluding hydrogens is 362 g/mol. The number of aliphatic imine (C=N–C) groups is 1. The molecule has 0 spiro atoms. The molecule has 1 fully saturated rings. The summed E-state index contributed by atoms with van der Waals surface area (Å²) in [6, 6.07) is 12.4.